The van der Waals surface area contributed by atoms with Crippen molar-refractivity contribution in [2.24, 2.45) is 0 Å². The van der Waals surface area contributed by atoms with Crippen molar-refractivity contribution in [3.8, 4) is 0 Å². The van der Waals surface area contributed by atoms with Gasteiger partial charge in [0.15, 0.2) is 9.84 Å². The van der Waals surface area contributed by atoms with Crippen molar-refractivity contribution < 1.29 is 13.2 Å². The SMILES string of the molecule is CS(=O)(=O)c1ccc(NC(=O)Cc2ccc(Cl)cc2Cl)cc1. The molecular weight excluding hydrogens is 345 g/mol. The molecule has 0 saturated carbocycles. The van der Waals surface area contributed by atoms with Crippen molar-refractivity contribution in [1.82, 2.24) is 0 Å². The third-order valence-electron chi connectivity index (χ3n) is 2.93. The molecule has 0 aliphatic heterocycles. The van der Waals surface area contributed by atoms with Gasteiger partial charge >= 0.3 is 0 Å². The Morgan fingerprint density at radius 3 is 2.27 bits per heavy atom. The number of hydrogen-bond acceptors (Lipinski definition) is 3. The minimum absolute atomic E-state index is 0.101. The lowest BCUT2D eigenvalue weighted by Crippen LogP contribution is -2.14. The third-order valence-corrected chi connectivity index (χ3v) is 4.65. The number of benzene rings is 2. The highest BCUT2D eigenvalue weighted by Gasteiger charge is 2.10. The van der Waals surface area contributed by atoms with Gasteiger partial charge in [-0.1, -0.05) is 29.3 Å². The summed E-state index contributed by atoms with van der Waals surface area (Å²) in [4.78, 5) is 12.2. The van der Waals surface area contributed by atoms with Crippen LogP contribution in [0.5, 0.6) is 0 Å². The zero-order valence-electron chi connectivity index (χ0n) is 11.6. The number of rotatable bonds is 4. The summed E-state index contributed by atoms with van der Waals surface area (Å²) in [7, 11) is -3.25. The summed E-state index contributed by atoms with van der Waals surface area (Å²) in [6, 6.07) is 10.9. The second kappa shape index (κ2) is 6.69. The molecule has 0 aliphatic carbocycles. The molecule has 2 rings (SSSR count). The van der Waals surface area contributed by atoms with Gasteiger partial charge in [0.1, 0.15) is 0 Å². The highest BCUT2D eigenvalue weighted by atomic mass is 35.5. The summed E-state index contributed by atoms with van der Waals surface area (Å²) in [5.74, 6) is -0.253. The monoisotopic (exact) mass is 357 g/mol. The minimum atomic E-state index is -3.25. The van der Waals surface area contributed by atoms with Crippen LogP contribution in [0.1, 0.15) is 5.56 Å². The van der Waals surface area contributed by atoms with E-state index in [4.69, 9.17) is 23.2 Å². The first-order valence-electron chi connectivity index (χ1n) is 6.29. The predicted molar refractivity (Wildman–Crippen MR) is 88.3 cm³/mol. The lowest BCUT2D eigenvalue weighted by Gasteiger charge is -2.07. The van der Waals surface area contributed by atoms with E-state index >= 15 is 0 Å². The number of carbonyl (C=O) groups excluding carboxylic acids is 1. The van der Waals surface area contributed by atoms with Gasteiger partial charge in [0.25, 0.3) is 0 Å². The van der Waals surface area contributed by atoms with Crippen molar-refractivity contribution in [2.45, 2.75) is 11.3 Å². The molecule has 0 bridgehead atoms. The Kier molecular flexibility index (Phi) is 5.11. The molecule has 2 aromatic carbocycles. The fourth-order valence-electron chi connectivity index (χ4n) is 1.83. The predicted octanol–water partition coefficient (Wildman–Crippen LogP) is 3.58. The molecule has 4 nitrogen and oxygen atoms in total. The molecule has 2 aromatic rings. The van der Waals surface area contributed by atoms with Crippen molar-refractivity contribution in [2.75, 3.05) is 11.6 Å². The Morgan fingerprint density at radius 1 is 1.09 bits per heavy atom. The van der Waals surface area contributed by atoms with E-state index in [-0.39, 0.29) is 17.2 Å². The molecule has 7 heteroatoms. The Labute approximate surface area is 139 Å². The van der Waals surface area contributed by atoms with Gasteiger partial charge in [-0.05, 0) is 42.0 Å². The zero-order valence-corrected chi connectivity index (χ0v) is 14.0. The molecule has 0 atom stereocenters. The smallest absolute Gasteiger partial charge is 0.228 e. The number of nitrogens with one attached hydrogen (secondary N) is 1. The van der Waals surface area contributed by atoms with Gasteiger partial charge in [-0.2, -0.15) is 0 Å². The van der Waals surface area contributed by atoms with Crippen LogP contribution in [-0.4, -0.2) is 20.6 Å². The van der Waals surface area contributed by atoms with Gasteiger partial charge in [-0.3, -0.25) is 4.79 Å². The Hall–Kier alpha value is -1.56. The molecule has 22 heavy (non-hydrogen) atoms. The van der Waals surface area contributed by atoms with E-state index in [0.717, 1.165) is 6.26 Å². The molecule has 0 radical (unpaired) electrons. The summed E-state index contributed by atoms with van der Waals surface area (Å²) < 4.78 is 22.7. The first-order chi connectivity index (χ1) is 10.3. The first kappa shape index (κ1) is 16.8. The summed E-state index contributed by atoms with van der Waals surface area (Å²) in [6.07, 6.45) is 1.23. The van der Waals surface area contributed by atoms with E-state index < -0.39 is 9.84 Å². The second-order valence-corrected chi connectivity index (χ2v) is 7.62. The van der Waals surface area contributed by atoms with E-state index in [1.165, 1.54) is 24.3 Å². The number of halogens is 2. The van der Waals surface area contributed by atoms with Crippen molar-refractivity contribution in [3.05, 3.63) is 58.1 Å². The molecule has 0 spiro atoms. The molecule has 0 fully saturated rings. The van der Waals surface area contributed by atoms with E-state index in [2.05, 4.69) is 5.32 Å². The van der Waals surface area contributed by atoms with Gasteiger partial charge in [0.05, 0.1) is 11.3 Å². The lowest BCUT2D eigenvalue weighted by molar-refractivity contribution is -0.115. The van der Waals surface area contributed by atoms with Crippen LogP contribution in [0.15, 0.2) is 47.4 Å². The van der Waals surface area contributed by atoms with Crippen LogP contribution in [0, 0.1) is 0 Å². The number of sulfone groups is 1. The second-order valence-electron chi connectivity index (χ2n) is 4.76. The number of anilines is 1. The van der Waals surface area contributed by atoms with Crippen LogP contribution in [-0.2, 0) is 21.1 Å². The van der Waals surface area contributed by atoms with Crippen molar-refractivity contribution in [3.63, 3.8) is 0 Å². The van der Waals surface area contributed by atoms with Crippen LogP contribution in [0.2, 0.25) is 10.0 Å². The maximum absolute atomic E-state index is 12.0. The van der Waals surface area contributed by atoms with Gasteiger partial charge in [0, 0.05) is 22.0 Å². The fraction of sp³-hybridized carbons (Fsp3) is 0.133. The summed E-state index contributed by atoms with van der Waals surface area (Å²) in [5, 5.41) is 3.62. The molecule has 0 aliphatic rings. The van der Waals surface area contributed by atoms with E-state index in [1.54, 1.807) is 18.2 Å². The normalized spacial score (nSPS) is 11.2. The Bertz CT molecular complexity index is 802. The van der Waals surface area contributed by atoms with Gasteiger partial charge in [-0.15, -0.1) is 0 Å². The fourth-order valence-corrected chi connectivity index (χ4v) is 2.93. The standard InChI is InChI=1S/C15H13Cl2NO3S/c1-22(20,21)13-6-4-12(5-7-13)18-15(19)8-10-2-3-11(16)9-14(10)17/h2-7,9H,8H2,1H3,(H,18,19). The van der Waals surface area contributed by atoms with Crippen LogP contribution in [0.3, 0.4) is 0 Å². The highest BCUT2D eigenvalue weighted by Crippen LogP contribution is 2.22. The molecule has 116 valence electrons. The molecule has 1 amide bonds. The number of hydrogen-bond donors (Lipinski definition) is 1. The first-order valence-corrected chi connectivity index (χ1v) is 8.94. The van der Waals surface area contributed by atoms with E-state index in [0.29, 0.717) is 21.3 Å². The van der Waals surface area contributed by atoms with Crippen LogP contribution < -0.4 is 5.32 Å². The Balaban J connectivity index is 2.06. The number of carbonyl (C=O) groups is 1. The van der Waals surface area contributed by atoms with E-state index in [9.17, 15) is 13.2 Å². The quantitative estimate of drug-likeness (QED) is 0.909. The van der Waals surface area contributed by atoms with Crippen LogP contribution in [0.4, 0.5) is 5.69 Å². The molecule has 1 N–H and O–H groups in total. The van der Waals surface area contributed by atoms with Crippen LogP contribution in [0.25, 0.3) is 0 Å². The summed E-state index contributed by atoms with van der Waals surface area (Å²) in [5.41, 5.74) is 1.18. The van der Waals surface area contributed by atoms with Gasteiger partial charge < -0.3 is 5.32 Å². The zero-order chi connectivity index (χ0) is 16.3. The molecular formula is C15H13Cl2NO3S. The highest BCUT2D eigenvalue weighted by molar-refractivity contribution is 7.90. The molecule has 0 unspecified atom stereocenters. The topological polar surface area (TPSA) is 63.2 Å². The van der Waals surface area contributed by atoms with Gasteiger partial charge in [0.2, 0.25) is 5.91 Å². The van der Waals surface area contributed by atoms with Gasteiger partial charge in [-0.25, -0.2) is 8.42 Å². The molecule has 0 heterocycles. The largest absolute Gasteiger partial charge is 0.326 e. The average molecular weight is 358 g/mol. The number of amides is 1. The van der Waals surface area contributed by atoms with Crippen molar-refractivity contribution in [1.29, 1.82) is 0 Å². The summed E-state index contributed by atoms with van der Waals surface area (Å²) >= 11 is 11.8. The Morgan fingerprint density at radius 2 is 1.73 bits per heavy atom. The lowest BCUT2D eigenvalue weighted by atomic mass is 10.1. The van der Waals surface area contributed by atoms with Crippen LogP contribution >= 0.6 is 23.2 Å². The third kappa shape index (κ3) is 4.47. The molecule has 0 saturated heterocycles. The van der Waals surface area contributed by atoms with E-state index in [1.807, 2.05) is 0 Å². The minimum Gasteiger partial charge on any atom is -0.326 e. The maximum Gasteiger partial charge on any atom is 0.228 e. The van der Waals surface area contributed by atoms with Crippen molar-refractivity contribution >= 4 is 44.6 Å². The molecule has 0 aromatic heterocycles. The maximum atomic E-state index is 12.0. The summed E-state index contributed by atoms with van der Waals surface area (Å²) in [6.45, 7) is 0. The average Bonchev–Trinajstić information content (AvgIpc) is 2.41.